The smallest absolute Gasteiger partial charge is 0.239 e. The van der Waals surface area contributed by atoms with Crippen molar-refractivity contribution in [1.82, 2.24) is 15.1 Å². The molecular weight excluding hydrogens is 394 g/mol. The Morgan fingerprint density at radius 3 is 2.87 bits per heavy atom. The molecule has 31 heavy (non-hydrogen) atoms. The Bertz CT molecular complexity index is 706. The highest BCUT2D eigenvalue weighted by Crippen LogP contribution is 2.15. The van der Waals surface area contributed by atoms with Crippen LogP contribution >= 0.6 is 0 Å². The Hall–Kier alpha value is -2.12. The number of carbonyl (C=O) groups excluding carboxylic acids is 2. The summed E-state index contributed by atoms with van der Waals surface area (Å²) in [5.74, 6) is 0.792. The molecule has 2 aliphatic rings. The molecular formula is C24H37N3O4. The second kappa shape index (κ2) is 12.7. The first-order valence-corrected chi connectivity index (χ1v) is 11.7. The fourth-order valence-corrected chi connectivity index (χ4v) is 4.17. The van der Waals surface area contributed by atoms with Gasteiger partial charge in [-0.3, -0.25) is 14.5 Å². The second-order valence-electron chi connectivity index (χ2n) is 8.58. The van der Waals surface area contributed by atoms with Crippen molar-refractivity contribution in [1.29, 1.82) is 0 Å². The Morgan fingerprint density at radius 2 is 2.03 bits per heavy atom. The average Bonchev–Trinajstić information content (AvgIpc) is 2.78. The molecule has 0 spiro atoms. The fourth-order valence-electron chi connectivity index (χ4n) is 4.17. The molecule has 0 aromatic heterocycles. The number of hydrogen-bond acceptors (Lipinski definition) is 5. The molecule has 1 N–H and O–H groups in total. The highest BCUT2D eigenvalue weighted by atomic mass is 16.5. The summed E-state index contributed by atoms with van der Waals surface area (Å²) < 4.78 is 11.4. The van der Waals surface area contributed by atoms with Crippen LogP contribution in [0.2, 0.25) is 0 Å². The normalized spacial score (nSPS) is 18.5. The van der Waals surface area contributed by atoms with Gasteiger partial charge in [0.1, 0.15) is 12.4 Å². The molecule has 2 heterocycles. The van der Waals surface area contributed by atoms with E-state index in [0.717, 1.165) is 69.6 Å². The topological polar surface area (TPSA) is 71.1 Å². The number of ether oxygens (including phenoxy) is 2. The summed E-state index contributed by atoms with van der Waals surface area (Å²) in [6.07, 6.45) is 6.84. The highest BCUT2D eigenvalue weighted by Gasteiger charge is 2.19. The molecule has 2 aliphatic heterocycles. The molecule has 0 atom stereocenters. The zero-order valence-corrected chi connectivity index (χ0v) is 18.8. The lowest BCUT2D eigenvalue weighted by Gasteiger charge is -2.31. The van der Waals surface area contributed by atoms with Crippen LogP contribution < -0.4 is 10.1 Å². The van der Waals surface area contributed by atoms with Crippen LogP contribution in [0.5, 0.6) is 5.75 Å². The van der Waals surface area contributed by atoms with Gasteiger partial charge in [0.05, 0.1) is 6.54 Å². The summed E-state index contributed by atoms with van der Waals surface area (Å²) in [7, 11) is 2.14. The number of nitrogens with zero attached hydrogens (tertiary/aromatic N) is 2. The van der Waals surface area contributed by atoms with Crippen LogP contribution in [-0.4, -0.2) is 74.2 Å². The summed E-state index contributed by atoms with van der Waals surface area (Å²) in [5, 5.41) is 2.94. The zero-order valence-electron chi connectivity index (χ0n) is 18.8. The summed E-state index contributed by atoms with van der Waals surface area (Å²) in [5.41, 5.74) is 0.989. The van der Waals surface area contributed by atoms with Gasteiger partial charge in [0, 0.05) is 45.3 Å². The molecule has 1 aromatic carbocycles. The van der Waals surface area contributed by atoms with Gasteiger partial charge < -0.3 is 19.7 Å². The summed E-state index contributed by atoms with van der Waals surface area (Å²) in [4.78, 5) is 28.6. The lowest BCUT2D eigenvalue weighted by molar-refractivity contribution is -0.136. The maximum Gasteiger partial charge on any atom is 0.239 e. The molecule has 0 radical (unpaired) electrons. The predicted molar refractivity (Wildman–Crippen MR) is 120 cm³/mol. The number of carbonyl (C=O) groups is 2. The molecule has 2 saturated heterocycles. The van der Waals surface area contributed by atoms with Crippen molar-refractivity contribution in [3.05, 3.63) is 29.8 Å². The SMILES string of the molecule is CN(CCOc1cccc(CNC(=O)CN2CCCCCCC2=O)c1)C1CCOCC1. The van der Waals surface area contributed by atoms with Crippen LogP contribution in [0.1, 0.15) is 50.5 Å². The van der Waals surface area contributed by atoms with Crippen LogP contribution in [0.15, 0.2) is 24.3 Å². The van der Waals surface area contributed by atoms with Crippen molar-refractivity contribution in [2.75, 3.05) is 46.5 Å². The van der Waals surface area contributed by atoms with Crippen LogP contribution in [-0.2, 0) is 20.9 Å². The Balaban J connectivity index is 1.39. The molecule has 7 heteroatoms. The summed E-state index contributed by atoms with van der Waals surface area (Å²) in [6.45, 7) is 4.44. The van der Waals surface area contributed by atoms with E-state index >= 15 is 0 Å². The van der Waals surface area contributed by atoms with E-state index < -0.39 is 0 Å². The molecule has 0 bridgehead atoms. The summed E-state index contributed by atoms with van der Waals surface area (Å²) >= 11 is 0. The number of benzene rings is 1. The minimum absolute atomic E-state index is 0.0935. The standard InChI is InChI=1S/C24H37N3O4/c1-26(21-10-14-30-15-11-21)13-16-31-22-8-6-7-20(17-22)18-25-23(28)19-27-12-5-3-2-4-9-24(27)29/h6-8,17,21H,2-5,9-16,18-19H2,1H3,(H,25,28). The van der Waals surface area contributed by atoms with Crippen molar-refractivity contribution in [2.45, 2.75) is 57.5 Å². The molecule has 172 valence electrons. The number of nitrogens with one attached hydrogen (secondary N) is 1. The molecule has 0 unspecified atom stereocenters. The van der Waals surface area contributed by atoms with Gasteiger partial charge in [-0.1, -0.05) is 25.0 Å². The number of likely N-dealkylation sites (tertiary alicyclic amines) is 1. The van der Waals surface area contributed by atoms with Gasteiger partial charge in [0.25, 0.3) is 0 Å². The van der Waals surface area contributed by atoms with Gasteiger partial charge in [-0.2, -0.15) is 0 Å². The van der Waals surface area contributed by atoms with E-state index in [1.807, 2.05) is 24.3 Å². The molecule has 0 saturated carbocycles. The number of rotatable bonds is 9. The van der Waals surface area contributed by atoms with Crippen molar-refractivity contribution in [2.24, 2.45) is 0 Å². The van der Waals surface area contributed by atoms with E-state index in [1.54, 1.807) is 4.90 Å². The number of likely N-dealkylation sites (N-methyl/N-ethyl adjacent to an activating group) is 1. The van der Waals surface area contributed by atoms with Crippen LogP contribution in [0, 0.1) is 0 Å². The highest BCUT2D eigenvalue weighted by molar-refractivity contribution is 5.84. The Morgan fingerprint density at radius 1 is 1.23 bits per heavy atom. The monoisotopic (exact) mass is 431 g/mol. The van der Waals surface area contributed by atoms with Gasteiger partial charge >= 0.3 is 0 Å². The largest absolute Gasteiger partial charge is 0.492 e. The van der Waals surface area contributed by atoms with E-state index in [0.29, 0.717) is 32.2 Å². The average molecular weight is 432 g/mol. The number of hydrogen-bond donors (Lipinski definition) is 1. The minimum atomic E-state index is -0.113. The van der Waals surface area contributed by atoms with Crippen molar-refractivity contribution < 1.29 is 19.1 Å². The molecule has 3 rings (SSSR count). The maximum absolute atomic E-state index is 12.4. The second-order valence-corrected chi connectivity index (χ2v) is 8.58. The third-order valence-corrected chi connectivity index (χ3v) is 6.17. The van der Waals surface area contributed by atoms with Crippen LogP contribution in [0.4, 0.5) is 0 Å². The fraction of sp³-hybridized carbons (Fsp3) is 0.667. The predicted octanol–water partition coefficient (Wildman–Crippen LogP) is 2.59. The van der Waals surface area contributed by atoms with Gasteiger partial charge in [0.15, 0.2) is 0 Å². The first kappa shape index (κ1) is 23.5. The van der Waals surface area contributed by atoms with Crippen molar-refractivity contribution >= 4 is 11.8 Å². The molecule has 1 aromatic rings. The van der Waals surface area contributed by atoms with Gasteiger partial charge in [-0.25, -0.2) is 0 Å². The van der Waals surface area contributed by atoms with Gasteiger partial charge in [0.2, 0.25) is 11.8 Å². The van der Waals surface area contributed by atoms with E-state index in [9.17, 15) is 9.59 Å². The van der Waals surface area contributed by atoms with Crippen LogP contribution in [0.3, 0.4) is 0 Å². The van der Waals surface area contributed by atoms with E-state index in [4.69, 9.17) is 9.47 Å². The lowest BCUT2D eigenvalue weighted by atomic mass is 10.1. The third kappa shape index (κ3) is 8.15. The molecule has 7 nitrogen and oxygen atoms in total. The first-order chi connectivity index (χ1) is 15.1. The van der Waals surface area contributed by atoms with Gasteiger partial charge in [-0.05, 0) is 50.4 Å². The van der Waals surface area contributed by atoms with Crippen molar-refractivity contribution in [3.63, 3.8) is 0 Å². The van der Waals surface area contributed by atoms with E-state index in [2.05, 4.69) is 17.3 Å². The molecule has 2 fully saturated rings. The Labute approximate surface area is 186 Å². The minimum Gasteiger partial charge on any atom is -0.492 e. The molecule has 2 amide bonds. The van der Waals surface area contributed by atoms with Crippen LogP contribution in [0.25, 0.3) is 0 Å². The maximum atomic E-state index is 12.4. The van der Waals surface area contributed by atoms with Crippen molar-refractivity contribution in [3.8, 4) is 5.75 Å². The number of amides is 2. The van der Waals surface area contributed by atoms with E-state index in [1.165, 1.54) is 0 Å². The third-order valence-electron chi connectivity index (χ3n) is 6.17. The lowest BCUT2D eigenvalue weighted by Crippen LogP contribution is -2.41. The Kier molecular flexibility index (Phi) is 9.62. The van der Waals surface area contributed by atoms with E-state index in [-0.39, 0.29) is 18.4 Å². The summed E-state index contributed by atoms with van der Waals surface area (Å²) in [6, 6.07) is 8.40. The molecule has 0 aliphatic carbocycles. The first-order valence-electron chi connectivity index (χ1n) is 11.7. The van der Waals surface area contributed by atoms with Gasteiger partial charge in [-0.15, -0.1) is 0 Å². The quantitative estimate of drug-likeness (QED) is 0.651. The zero-order chi connectivity index (χ0) is 21.9.